The van der Waals surface area contributed by atoms with Crippen molar-refractivity contribution in [2.45, 2.75) is 19.9 Å². The van der Waals surface area contributed by atoms with Crippen molar-refractivity contribution in [1.29, 1.82) is 0 Å². The normalized spacial score (nSPS) is 10.3. The van der Waals surface area contributed by atoms with Crippen LogP contribution in [-0.2, 0) is 4.79 Å². The van der Waals surface area contributed by atoms with Crippen molar-refractivity contribution in [3.05, 3.63) is 23.8 Å². The van der Waals surface area contributed by atoms with Crippen LogP contribution in [0.15, 0.2) is 18.2 Å². The number of likely N-dealkylation sites (N-methyl/N-ethyl adjacent to an activating group) is 1. The third-order valence-electron chi connectivity index (χ3n) is 2.33. The number of phenolic OH excluding ortho intramolecular Hbond substituents is 2. The van der Waals surface area contributed by atoms with E-state index in [0.717, 1.165) is 6.07 Å². The second-order valence-corrected chi connectivity index (χ2v) is 4.62. The molecule has 0 heterocycles. The van der Waals surface area contributed by atoms with Crippen LogP contribution in [-0.4, -0.2) is 46.6 Å². The molecule has 0 aliphatic heterocycles. The lowest BCUT2D eigenvalue weighted by Gasteiger charge is -2.18. The maximum Gasteiger partial charge on any atom is 0.254 e. The highest BCUT2D eigenvalue weighted by molar-refractivity contribution is 5.97. The van der Waals surface area contributed by atoms with Crippen molar-refractivity contribution < 1.29 is 19.8 Å². The summed E-state index contributed by atoms with van der Waals surface area (Å²) in [5, 5.41) is 21.3. The lowest BCUT2D eigenvalue weighted by molar-refractivity contribution is -0.122. The summed E-state index contributed by atoms with van der Waals surface area (Å²) in [6.45, 7) is 3.56. The molecule has 0 saturated carbocycles. The number of rotatable bonds is 4. The number of aromatic hydroxyl groups is 2. The first-order valence-electron chi connectivity index (χ1n) is 5.87. The van der Waals surface area contributed by atoms with Crippen molar-refractivity contribution in [3.63, 3.8) is 0 Å². The number of benzene rings is 1. The minimum atomic E-state index is -0.454. The standard InChI is InChI=1S/C13H18N2O4/c1-8(2)14-12(18)7-15(3)13(19)9-4-10(16)6-11(17)5-9/h4-6,8,16-17H,7H2,1-3H3,(H,14,18). The molecule has 0 saturated heterocycles. The highest BCUT2D eigenvalue weighted by Crippen LogP contribution is 2.21. The molecule has 19 heavy (non-hydrogen) atoms. The molecule has 1 aromatic carbocycles. The number of carbonyl (C=O) groups is 2. The zero-order chi connectivity index (χ0) is 14.6. The summed E-state index contributed by atoms with van der Waals surface area (Å²) in [6.07, 6.45) is 0. The Hall–Kier alpha value is -2.24. The highest BCUT2D eigenvalue weighted by Gasteiger charge is 2.16. The fraction of sp³-hybridized carbons (Fsp3) is 0.385. The molecule has 1 rings (SSSR count). The summed E-state index contributed by atoms with van der Waals surface area (Å²) in [6, 6.07) is 3.60. The van der Waals surface area contributed by atoms with Crippen LogP contribution in [0.5, 0.6) is 11.5 Å². The summed E-state index contributed by atoms with van der Waals surface area (Å²) >= 11 is 0. The van der Waals surface area contributed by atoms with Crippen molar-refractivity contribution in [3.8, 4) is 11.5 Å². The highest BCUT2D eigenvalue weighted by atomic mass is 16.3. The third-order valence-corrected chi connectivity index (χ3v) is 2.33. The number of hydrogen-bond acceptors (Lipinski definition) is 4. The van der Waals surface area contributed by atoms with Gasteiger partial charge in [-0.1, -0.05) is 0 Å². The van der Waals surface area contributed by atoms with Crippen LogP contribution in [0.1, 0.15) is 24.2 Å². The molecule has 0 atom stereocenters. The average Bonchev–Trinajstić information content (AvgIpc) is 2.25. The number of carbonyl (C=O) groups excluding carboxylic acids is 2. The molecule has 0 aromatic heterocycles. The van der Waals surface area contributed by atoms with E-state index in [-0.39, 0.29) is 35.6 Å². The first-order chi connectivity index (χ1) is 8.79. The van der Waals surface area contributed by atoms with E-state index in [1.54, 1.807) is 0 Å². The molecular weight excluding hydrogens is 248 g/mol. The third kappa shape index (κ3) is 4.50. The molecule has 2 amide bonds. The van der Waals surface area contributed by atoms with Crippen LogP contribution in [0.3, 0.4) is 0 Å². The van der Waals surface area contributed by atoms with Gasteiger partial charge in [-0.3, -0.25) is 9.59 Å². The Morgan fingerprint density at radius 2 is 1.74 bits per heavy atom. The summed E-state index contributed by atoms with van der Waals surface area (Å²) in [7, 11) is 1.48. The molecular formula is C13H18N2O4. The lowest BCUT2D eigenvalue weighted by atomic mass is 10.2. The van der Waals surface area contributed by atoms with Gasteiger partial charge in [-0.05, 0) is 26.0 Å². The van der Waals surface area contributed by atoms with Gasteiger partial charge in [0.2, 0.25) is 5.91 Å². The first-order valence-corrected chi connectivity index (χ1v) is 5.87. The van der Waals surface area contributed by atoms with Gasteiger partial charge in [-0.15, -0.1) is 0 Å². The summed E-state index contributed by atoms with van der Waals surface area (Å²) in [5.41, 5.74) is 0.123. The van der Waals surface area contributed by atoms with Crippen LogP contribution in [0.25, 0.3) is 0 Å². The van der Waals surface area contributed by atoms with Gasteiger partial charge in [0, 0.05) is 24.7 Å². The maximum absolute atomic E-state index is 12.0. The summed E-state index contributed by atoms with van der Waals surface area (Å²) in [4.78, 5) is 24.7. The number of hydrogen-bond donors (Lipinski definition) is 3. The Kier molecular flexibility index (Phi) is 4.74. The number of nitrogens with one attached hydrogen (secondary N) is 1. The Balaban J connectivity index is 2.74. The van der Waals surface area contributed by atoms with Crippen molar-refractivity contribution in [2.24, 2.45) is 0 Å². The van der Waals surface area contributed by atoms with Gasteiger partial charge >= 0.3 is 0 Å². The monoisotopic (exact) mass is 266 g/mol. The molecule has 1 aromatic rings. The van der Waals surface area contributed by atoms with E-state index in [0.29, 0.717) is 0 Å². The zero-order valence-corrected chi connectivity index (χ0v) is 11.2. The average molecular weight is 266 g/mol. The molecule has 6 heteroatoms. The molecule has 0 spiro atoms. The van der Waals surface area contributed by atoms with Crippen LogP contribution in [0.4, 0.5) is 0 Å². The largest absolute Gasteiger partial charge is 0.508 e. The fourth-order valence-electron chi connectivity index (χ4n) is 1.59. The first kappa shape index (κ1) is 14.8. The molecule has 0 aliphatic rings. The second-order valence-electron chi connectivity index (χ2n) is 4.62. The SMILES string of the molecule is CC(C)NC(=O)CN(C)C(=O)c1cc(O)cc(O)c1. The predicted octanol–water partition coefficient (Wildman–Crippen LogP) is 0.694. The van der Waals surface area contributed by atoms with Crippen LogP contribution >= 0.6 is 0 Å². The van der Waals surface area contributed by atoms with E-state index in [9.17, 15) is 19.8 Å². The number of phenols is 2. The molecule has 104 valence electrons. The summed E-state index contributed by atoms with van der Waals surface area (Å²) < 4.78 is 0. The van der Waals surface area contributed by atoms with E-state index in [4.69, 9.17) is 0 Å². The van der Waals surface area contributed by atoms with E-state index in [1.165, 1.54) is 24.1 Å². The fourth-order valence-corrected chi connectivity index (χ4v) is 1.59. The zero-order valence-electron chi connectivity index (χ0n) is 11.2. The Morgan fingerprint density at radius 1 is 1.21 bits per heavy atom. The molecule has 0 bridgehead atoms. The van der Waals surface area contributed by atoms with E-state index < -0.39 is 5.91 Å². The van der Waals surface area contributed by atoms with Gasteiger partial charge in [0.25, 0.3) is 5.91 Å². The quantitative estimate of drug-likeness (QED) is 0.748. The van der Waals surface area contributed by atoms with Gasteiger partial charge in [-0.25, -0.2) is 0 Å². The Morgan fingerprint density at radius 3 is 2.21 bits per heavy atom. The topological polar surface area (TPSA) is 89.9 Å². The minimum Gasteiger partial charge on any atom is -0.508 e. The van der Waals surface area contributed by atoms with Crippen LogP contribution in [0, 0.1) is 0 Å². The van der Waals surface area contributed by atoms with Gasteiger partial charge in [0.05, 0.1) is 6.54 Å². The molecule has 3 N–H and O–H groups in total. The van der Waals surface area contributed by atoms with Crippen LogP contribution in [0.2, 0.25) is 0 Å². The second kappa shape index (κ2) is 6.08. The molecule has 6 nitrogen and oxygen atoms in total. The van der Waals surface area contributed by atoms with E-state index >= 15 is 0 Å². The summed E-state index contributed by atoms with van der Waals surface area (Å²) in [5.74, 6) is -1.13. The van der Waals surface area contributed by atoms with Gasteiger partial charge in [-0.2, -0.15) is 0 Å². The van der Waals surface area contributed by atoms with Gasteiger partial charge in [0.1, 0.15) is 11.5 Å². The maximum atomic E-state index is 12.0. The van der Waals surface area contributed by atoms with Crippen molar-refractivity contribution >= 4 is 11.8 Å². The van der Waals surface area contributed by atoms with Gasteiger partial charge in [0.15, 0.2) is 0 Å². The van der Waals surface area contributed by atoms with E-state index in [2.05, 4.69) is 5.32 Å². The smallest absolute Gasteiger partial charge is 0.254 e. The molecule has 0 fully saturated rings. The van der Waals surface area contributed by atoms with Crippen molar-refractivity contribution in [1.82, 2.24) is 10.2 Å². The van der Waals surface area contributed by atoms with E-state index in [1.807, 2.05) is 13.8 Å². The minimum absolute atomic E-state index is 0.000756. The molecule has 0 aliphatic carbocycles. The number of amides is 2. The number of nitrogens with zero attached hydrogens (tertiary/aromatic N) is 1. The van der Waals surface area contributed by atoms with Crippen LogP contribution < -0.4 is 5.32 Å². The molecule has 0 radical (unpaired) electrons. The Labute approximate surface area is 111 Å². The molecule has 0 unspecified atom stereocenters. The lowest BCUT2D eigenvalue weighted by Crippen LogP contribution is -2.40. The van der Waals surface area contributed by atoms with Crippen molar-refractivity contribution in [2.75, 3.05) is 13.6 Å². The predicted molar refractivity (Wildman–Crippen MR) is 70.0 cm³/mol. The Bertz CT molecular complexity index is 465. The van der Waals surface area contributed by atoms with Gasteiger partial charge < -0.3 is 20.4 Å².